The molecule has 0 aromatic heterocycles. The molecule has 0 radical (unpaired) electrons. The number of carbonyl (C=O) groups excluding carboxylic acids is 1. The summed E-state index contributed by atoms with van der Waals surface area (Å²) in [6.45, 7) is 0.768. The molecule has 1 unspecified atom stereocenters. The number of aliphatic hydroxyl groups is 1. The molecule has 0 aromatic carbocycles. The van der Waals surface area contributed by atoms with E-state index in [0.717, 1.165) is 0 Å². The molecular weight excluding hydrogens is 160 g/mol. The molecule has 0 bridgehead atoms. The molecule has 1 atom stereocenters. The number of amides is 1. The second-order valence-corrected chi connectivity index (χ2v) is 2.67. The van der Waals surface area contributed by atoms with Crippen LogP contribution in [0.2, 0.25) is 0 Å². The van der Waals surface area contributed by atoms with Gasteiger partial charge < -0.3 is 10.0 Å². The minimum Gasteiger partial charge on any atom is -0.391 e. The summed E-state index contributed by atoms with van der Waals surface area (Å²) in [5, 5.41) is 12.2. The standard InChI is InChI=1S/C6H10N4O2/c7-9-8-3-6(12)10-2-1-5(11)4-10/h5,11H,1-4H2. The maximum Gasteiger partial charge on any atom is 0.228 e. The van der Waals surface area contributed by atoms with Crippen LogP contribution in [0.3, 0.4) is 0 Å². The van der Waals surface area contributed by atoms with Gasteiger partial charge in [-0.2, -0.15) is 0 Å². The summed E-state index contributed by atoms with van der Waals surface area (Å²) >= 11 is 0. The Labute approximate surface area is 69.4 Å². The zero-order valence-electron chi connectivity index (χ0n) is 6.55. The first-order valence-corrected chi connectivity index (χ1v) is 3.70. The minimum absolute atomic E-state index is 0.150. The van der Waals surface area contributed by atoms with Gasteiger partial charge in [-0.3, -0.25) is 4.79 Å². The number of β-amino-alcohol motifs (C(OH)–C–C–N with tert-alkyl or cyclic N) is 1. The normalized spacial score (nSPS) is 22.1. The zero-order chi connectivity index (χ0) is 8.97. The maximum absolute atomic E-state index is 11.1. The fraction of sp³-hybridized carbons (Fsp3) is 0.833. The minimum atomic E-state index is -0.417. The van der Waals surface area contributed by atoms with Gasteiger partial charge in [0.25, 0.3) is 0 Å². The van der Waals surface area contributed by atoms with Crippen LogP contribution in [0.15, 0.2) is 5.11 Å². The zero-order valence-corrected chi connectivity index (χ0v) is 6.55. The molecule has 1 aliphatic heterocycles. The molecule has 1 N–H and O–H groups in total. The Morgan fingerprint density at radius 2 is 2.58 bits per heavy atom. The Kier molecular flexibility index (Phi) is 2.90. The second kappa shape index (κ2) is 3.94. The molecule has 1 amide bonds. The molecule has 1 rings (SSSR count). The third-order valence-electron chi connectivity index (χ3n) is 1.79. The third-order valence-corrected chi connectivity index (χ3v) is 1.79. The predicted octanol–water partition coefficient (Wildman–Crippen LogP) is -0.110. The van der Waals surface area contributed by atoms with Crippen LogP contribution in [-0.4, -0.2) is 41.7 Å². The summed E-state index contributed by atoms with van der Waals surface area (Å²) in [6.07, 6.45) is 0.196. The Morgan fingerprint density at radius 3 is 3.08 bits per heavy atom. The van der Waals surface area contributed by atoms with Crippen LogP contribution < -0.4 is 0 Å². The lowest BCUT2D eigenvalue weighted by Crippen LogP contribution is -2.31. The van der Waals surface area contributed by atoms with Gasteiger partial charge >= 0.3 is 0 Å². The number of likely N-dealkylation sites (tertiary alicyclic amines) is 1. The topological polar surface area (TPSA) is 89.3 Å². The lowest BCUT2D eigenvalue weighted by Gasteiger charge is -2.13. The van der Waals surface area contributed by atoms with Crippen LogP contribution >= 0.6 is 0 Å². The van der Waals surface area contributed by atoms with Crippen LogP contribution in [-0.2, 0) is 4.79 Å². The first-order chi connectivity index (χ1) is 5.74. The van der Waals surface area contributed by atoms with Crippen molar-refractivity contribution in [2.45, 2.75) is 12.5 Å². The van der Waals surface area contributed by atoms with Crippen molar-refractivity contribution >= 4 is 5.91 Å². The fourth-order valence-corrected chi connectivity index (χ4v) is 1.16. The van der Waals surface area contributed by atoms with Crippen molar-refractivity contribution in [1.82, 2.24) is 4.90 Å². The van der Waals surface area contributed by atoms with E-state index >= 15 is 0 Å². The summed E-state index contributed by atoms with van der Waals surface area (Å²) < 4.78 is 0. The van der Waals surface area contributed by atoms with E-state index in [4.69, 9.17) is 10.6 Å². The summed E-state index contributed by atoms with van der Waals surface area (Å²) in [6, 6.07) is 0. The quantitative estimate of drug-likeness (QED) is 0.356. The molecule has 66 valence electrons. The summed E-state index contributed by atoms with van der Waals surface area (Å²) in [4.78, 5) is 15.1. The van der Waals surface area contributed by atoms with E-state index in [9.17, 15) is 4.79 Å². The van der Waals surface area contributed by atoms with Crippen LogP contribution in [0.25, 0.3) is 10.4 Å². The van der Waals surface area contributed by atoms with E-state index in [1.807, 2.05) is 0 Å². The number of azide groups is 1. The van der Waals surface area contributed by atoms with E-state index in [2.05, 4.69) is 10.0 Å². The van der Waals surface area contributed by atoms with Crippen molar-refractivity contribution in [2.75, 3.05) is 19.6 Å². The molecule has 1 fully saturated rings. The lowest BCUT2D eigenvalue weighted by molar-refractivity contribution is -0.128. The molecule has 0 aromatic rings. The largest absolute Gasteiger partial charge is 0.391 e. The molecule has 1 saturated heterocycles. The second-order valence-electron chi connectivity index (χ2n) is 2.67. The molecule has 0 spiro atoms. The summed E-state index contributed by atoms with van der Waals surface area (Å²) in [5.74, 6) is -0.218. The predicted molar refractivity (Wildman–Crippen MR) is 41.2 cm³/mol. The van der Waals surface area contributed by atoms with Crippen LogP contribution in [0.5, 0.6) is 0 Å². The first-order valence-electron chi connectivity index (χ1n) is 3.70. The van der Waals surface area contributed by atoms with Gasteiger partial charge in [-0.15, -0.1) is 0 Å². The highest BCUT2D eigenvalue weighted by atomic mass is 16.3. The van der Waals surface area contributed by atoms with Gasteiger partial charge in [0, 0.05) is 18.0 Å². The lowest BCUT2D eigenvalue weighted by atomic mass is 10.3. The molecule has 1 heterocycles. The Hall–Kier alpha value is -1.26. The molecular formula is C6H10N4O2. The van der Waals surface area contributed by atoms with E-state index in [1.54, 1.807) is 0 Å². The van der Waals surface area contributed by atoms with Gasteiger partial charge in [0.1, 0.15) is 6.54 Å². The number of rotatable bonds is 2. The van der Waals surface area contributed by atoms with Gasteiger partial charge in [-0.05, 0) is 12.0 Å². The highest BCUT2D eigenvalue weighted by molar-refractivity contribution is 5.78. The van der Waals surface area contributed by atoms with Crippen LogP contribution in [0.4, 0.5) is 0 Å². The number of nitrogens with zero attached hydrogens (tertiary/aromatic N) is 4. The molecule has 0 aliphatic carbocycles. The smallest absolute Gasteiger partial charge is 0.228 e. The van der Waals surface area contributed by atoms with E-state index in [1.165, 1.54) is 4.90 Å². The SMILES string of the molecule is [N-]=[N+]=NCC(=O)N1CCC(O)C1. The molecule has 1 aliphatic rings. The van der Waals surface area contributed by atoms with Crippen LogP contribution in [0.1, 0.15) is 6.42 Å². The summed E-state index contributed by atoms with van der Waals surface area (Å²) in [5.41, 5.74) is 7.95. The van der Waals surface area contributed by atoms with E-state index in [0.29, 0.717) is 19.5 Å². The van der Waals surface area contributed by atoms with Crippen LogP contribution in [0, 0.1) is 0 Å². The Morgan fingerprint density at radius 1 is 1.83 bits per heavy atom. The third kappa shape index (κ3) is 2.11. The average Bonchev–Trinajstić information content (AvgIpc) is 2.47. The van der Waals surface area contributed by atoms with Crippen molar-refractivity contribution < 1.29 is 9.90 Å². The highest BCUT2D eigenvalue weighted by Gasteiger charge is 2.23. The summed E-state index contributed by atoms with van der Waals surface area (Å²) in [7, 11) is 0. The average molecular weight is 170 g/mol. The first kappa shape index (κ1) is 8.83. The Bertz CT molecular complexity index is 224. The number of hydrogen-bond donors (Lipinski definition) is 1. The van der Waals surface area contributed by atoms with Gasteiger partial charge in [0.15, 0.2) is 0 Å². The number of carbonyl (C=O) groups is 1. The number of hydrogen-bond acceptors (Lipinski definition) is 3. The molecule has 6 heteroatoms. The maximum atomic E-state index is 11.1. The van der Waals surface area contributed by atoms with Gasteiger partial charge in [0.2, 0.25) is 5.91 Å². The van der Waals surface area contributed by atoms with Gasteiger partial charge in [-0.1, -0.05) is 5.11 Å². The van der Waals surface area contributed by atoms with Crippen molar-refractivity contribution in [3.63, 3.8) is 0 Å². The van der Waals surface area contributed by atoms with Gasteiger partial charge in [-0.25, -0.2) is 0 Å². The number of aliphatic hydroxyl groups excluding tert-OH is 1. The molecule has 0 saturated carbocycles. The van der Waals surface area contributed by atoms with Crippen molar-refractivity contribution in [1.29, 1.82) is 0 Å². The van der Waals surface area contributed by atoms with E-state index in [-0.39, 0.29) is 12.5 Å². The van der Waals surface area contributed by atoms with Gasteiger partial charge in [0.05, 0.1) is 6.10 Å². The van der Waals surface area contributed by atoms with Crippen molar-refractivity contribution in [3.8, 4) is 0 Å². The fourth-order valence-electron chi connectivity index (χ4n) is 1.16. The molecule has 6 nitrogen and oxygen atoms in total. The van der Waals surface area contributed by atoms with Crippen molar-refractivity contribution in [3.05, 3.63) is 10.4 Å². The highest BCUT2D eigenvalue weighted by Crippen LogP contribution is 2.08. The molecule has 12 heavy (non-hydrogen) atoms. The van der Waals surface area contributed by atoms with E-state index < -0.39 is 6.10 Å². The Balaban J connectivity index is 2.38. The monoisotopic (exact) mass is 170 g/mol. The van der Waals surface area contributed by atoms with Crippen molar-refractivity contribution in [2.24, 2.45) is 5.11 Å².